The topological polar surface area (TPSA) is 24.9 Å². The Hall–Kier alpha value is 0.200. The van der Waals surface area contributed by atoms with Crippen molar-refractivity contribution >= 4 is 49.3 Å². The van der Waals surface area contributed by atoms with Crippen LogP contribution in [0.4, 0.5) is 5.82 Å². The van der Waals surface area contributed by atoms with Crippen LogP contribution >= 0.6 is 43.5 Å². The van der Waals surface area contributed by atoms with Crippen LogP contribution in [-0.2, 0) is 0 Å². The number of pyridine rings is 1. The van der Waals surface area contributed by atoms with E-state index in [1.807, 2.05) is 13.0 Å². The van der Waals surface area contributed by atoms with Crippen molar-refractivity contribution in [2.75, 3.05) is 11.9 Å². The molecule has 0 aliphatic rings. The highest BCUT2D eigenvalue weighted by molar-refractivity contribution is 9.11. The van der Waals surface area contributed by atoms with E-state index >= 15 is 0 Å². The van der Waals surface area contributed by atoms with E-state index in [-0.39, 0.29) is 5.38 Å². The van der Waals surface area contributed by atoms with Crippen LogP contribution < -0.4 is 5.32 Å². The zero-order chi connectivity index (χ0) is 10.6. The van der Waals surface area contributed by atoms with Gasteiger partial charge in [0.05, 0.1) is 4.47 Å². The third kappa shape index (κ3) is 4.15. The van der Waals surface area contributed by atoms with Gasteiger partial charge in [-0.15, -0.1) is 11.6 Å². The molecule has 5 heteroatoms. The number of anilines is 1. The van der Waals surface area contributed by atoms with E-state index in [0.717, 1.165) is 27.7 Å². The van der Waals surface area contributed by atoms with Crippen molar-refractivity contribution in [3.05, 3.63) is 21.2 Å². The van der Waals surface area contributed by atoms with Gasteiger partial charge in [0.15, 0.2) is 0 Å². The summed E-state index contributed by atoms with van der Waals surface area (Å²) in [5.74, 6) is 0.852. The smallest absolute Gasteiger partial charge is 0.140 e. The van der Waals surface area contributed by atoms with Crippen molar-refractivity contribution in [3.63, 3.8) is 0 Å². The quantitative estimate of drug-likeness (QED) is 0.836. The SMILES string of the molecule is CC(Cl)CCNc1ncc(Br)cc1Br. The second kappa shape index (κ2) is 5.93. The first-order valence-electron chi connectivity index (χ1n) is 4.28. The predicted octanol–water partition coefficient (Wildman–Crippen LogP) is 4.04. The van der Waals surface area contributed by atoms with E-state index in [9.17, 15) is 0 Å². The fourth-order valence-electron chi connectivity index (χ4n) is 0.934. The maximum absolute atomic E-state index is 5.83. The largest absolute Gasteiger partial charge is 0.369 e. The third-order valence-corrected chi connectivity index (χ3v) is 2.90. The molecule has 0 aliphatic heterocycles. The molecule has 0 saturated carbocycles. The lowest BCUT2D eigenvalue weighted by molar-refractivity contribution is 0.839. The molecular weight excluding hydrogens is 331 g/mol. The van der Waals surface area contributed by atoms with E-state index in [2.05, 4.69) is 42.2 Å². The molecule has 78 valence electrons. The van der Waals surface area contributed by atoms with Crippen molar-refractivity contribution in [1.82, 2.24) is 4.98 Å². The van der Waals surface area contributed by atoms with Gasteiger partial charge < -0.3 is 5.32 Å². The van der Waals surface area contributed by atoms with Crippen LogP contribution in [0.25, 0.3) is 0 Å². The Kier molecular flexibility index (Phi) is 5.20. The molecule has 1 rings (SSSR count). The number of aromatic nitrogens is 1. The Morgan fingerprint density at radius 1 is 1.57 bits per heavy atom. The minimum atomic E-state index is 0.191. The molecule has 14 heavy (non-hydrogen) atoms. The highest BCUT2D eigenvalue weighted by Gasteiger charge is 2.02. The van der Waals surface area contributed by atoms with Gasteiger partial charge >= 0.3 is 0 Å². The summed E-state index contributed by atoms with van der Waals surface area (Å²) in [7, 11) is 0. The summed E-state index contributed by atoms with van der Waals surface area (Å²) in [4.78, 5) is 4.23. The summed E-state index contributed by atoms with van der Waals surface area (Å²) in [6, 6.07) is 1.96. The molecule has 1 unspecified atom stereocenters. The Balaban J connectivity index is 2.51. The Morgan fingerprint density at radius 2 is 2.29 bits per heavy atom. The van der Waals surface area contributed by atoms with E-state index in [1.54, 1.807) is 6.20 Å². The van der Waals surface area contributed by atoms with E-state index < -0.39 is 0 Å². The fraction of sp³-hybridized carbons (Fsp3) is 0.444. The minimum absolute atomic E-state index is 0.191. The van der Waals surface area contributed by atoms with Crippen LogP contribution in [0.5, 0.6) is 0 Å². The van der Waals surface area contributed by atoms with Gasteiger partial charge in [0, 0.05) is 22.6 Å². The van der Waals surface area contributed by atoms with E-state index in [4.69, 9.17) is 11.6 Å². The Labute approximate surface area is 106 Å². The van der Waals surface area contributed by atoms with Crippen LogP contribution in [0.15, 0.2) is 21.2 Å². The van der Waals surface area contributed by atoms with Crippen LogP contribution in [0.1, 0.15) is 13.3 Å². The number of hydrogen-bond acceptors (Lipinski definition) is 2. The van der Waals surface area contributed by atoms with Gasteiger partial charge in [0.1, 0.15) is 5.82 Å². The summed E-state index contributed by atoms with van der Waals surface area (Å²) < 4.78 is 1.91. The molecule has 0 saturated heterocycles. The lowest BCUT2D eigenvalue weighted by atomic mass is 10.3. The number of halogens is 3. The van der Waals surface area contributed by atoms with Crippen molar-refractivity contribution < 1.29 is 0 Å². The van der Waals surface area contributed by atoms with Crippen LogP contribution in [0.2, 0.25) is 0 Å². The summed E-state index contributed by atoms with van der Waals surface area (Å²) in [5.41, 5.74) is 0. The number of hydrogen-bond donors (Lipinski definition) is 1. The molecular formula is C9H11Br2ClN2. The predicted molar refractivity (Wildman–Crippen MR) is 68.1 cm³/mol. The maximum atomic E-state index is 5.83. The lowest BCUT2D eigenvalue weighted by Gasteiger charge is -2.08. The molecule has 2 nitrogen and oxygen atoms in total. The van der Waals surface area contributed by atoms with Gasteiger partial charge in [-0.3, -0.25) is 0 Å². The second-order valence-electron chi connectivity index (χ2n) is 2.98. The average Bonchev–Trinajstić information content (AvgIpc) is 2.08. The number of rotatable bonds is 4. The fourth-order valence-corrected chi connectivity index (χ4v) is 2.17. The van der Waals surface area contributed by atoms with Crippen LogP contribution in [-0.4, -0.2) is 16.9 Å². The molecule has 0 aromatic carbocycles. The molecule has 0 radical (unpaired) electrons. The zero-order valence-corrected chi connectivity index (χ0v) is 11.7. The summed E-state index contributed by atoms with van der Waals surface area (Å²) in [6.07, 6.45) is 2.68. The molecule has 0 spiro atoms. The van der Waals surface area contributed by atoms with E-state index in [0.29, 0.717) is 0 Å². The van der Waals surface area contributed by atoms with Crippen molar-refractivity contribution in [1.29, 1.82) is 0 Å². The first-order valence-corrected chi connectivity index (χ1v) is 6.31. The Morgan fingerprint density at radius 3 is 2.86 bits per heavy atom. The standard InChI is InChI=1S/C9H11Br2ClN2/c1-6(12)2-3-13-9-8(11)4-7(10)5-14-9/h4-6H,2-3H2,1H3,(H,13,14). The highest BCUT2D eigenvalue weighted by Crippen LogP contribution is 2.23. The Bertz CT molecular complexity index is 305. The maximum Gasteiger partial charge on any atom is 0.140 e. The lowest BCUT2D eigenvalue weighted by Crippen LogP contribution is -2.07. The molecule has 1 atom stereocenters. The van der Waals surface area contributed by atoms with Crippen molar-refractivity contribution in [3.8, 4) is 0 Å². The van der Waals surface area contributed by atoms with Crippen LogP contribution in [0.3, 0.4) is 0 Å². The average molecular weight is 342 g/mol. The molecule has 1 N–H and O–H groups in total. The molecule has 1 aromatic heterocycles. The molecule has 0 bridgehead atoms. The first-order chi connectivity index (χ1) is 6.59. The second-order valence-corrected chi connectivity index (χ2v) is 5.50. The van der Waals surface area contributed by atoms with Gasteiger partial charge in [-0.2, -0.15) is 0 Å². The molecule has 1 aromatic rings. The molecule has 0 aliphatic carbocycles. The molecule has 1 heterocycles. The number of nitrogens with one attached hydrogen (secondary N) is 1. The van der Waals surface area contributed by atoms with E-state index in [1.165, 1.54) is 0 Å². The van der Waals surface area contributed by atoms with Crippen molar-refractivity contribution in [2.45, 2.75) is 18.7 Å². The van der Waals surface area contributed by atoms with Gasteiger partial charge in [0.2, 0.25) is 0 Å². The monoisotopic (exact) mass is 340 g/mol. The van der Waals surface area contributed by atoms with Gasteiger partial charge in [-0.25, -0.2) is 4.98 Å². The number of nitrogens with zero attached hydrogens (tertiary/aromatic N) is 1. The normalized spacial score (nSPS) is 12.6. The molecule has 0 fully saturated rings. The summed E-state index contributed by atoms with van der Waals surface area (Å²) >= 11 is 12.6. The molecule has 0 amide bonds. The summed E-state index contributed by atoms with van der Waals surface area (Å²) in [5, 5.41) is 3.40. The minimum Gasteiger partial charge on any atom is -0.369 e. The zero-order valence-electron chi connectivity index (χ0n) is 7.73. The third-order valence-electron chi connectivity index (χ3n) is 1.64. The first kappa shape index (κ1) is 12.3. The highest BCUT2D eigenvalue weighted by atomic mass is 79.9. The van der Waals surface area contributed by atoms with Gasteiger partial charge in [-0.1, -0.05) is 0 Å². The van der Waals surface area contributed by atoms with Gasteiger partial charge in [-0.05, 0) is 51.3 Å². The summed E-state index contributed by atoms with van der Waals surface area (Å²) in [6.45, 7) is 2.81. The van der Waals surface area contributed by atoms with Crippen LogP contribution in [0, 0.1) is 0 Å². The van der Waals surface area contributed by atoms with Gasteiger partial charge in [0.25, 0.3) is 0 Å². The van der Waals surface area contributed by atoms with Crippen molar-refractivity contribution in [2.24, 2.45) is 0 Å². The number of alkyl halides is 1.